The standard InChI is InChI=1S/C22H17N3O5/c26-19-17(10-14-11-24-20-15(14)5-3-7-23-20)30-21(18(19)22(27)28)25-8-9-29-16-6-2-1-4-13(16)12-25/h1-7,10-11H,8-9,12H2,(H,23,24)(H,27,28)/b17-10-. The lowest BCUT2D eigenvalue weighted by atomic mass is 10.1. The van der Waals surface area contributed by atoms with E-state index in [9.17, 15) is 14.7 Å². The van der Waals surface area contributed by atoms with Gasteiger partial charge in [-0.2, -0.15) is 0 Å². The largest absolute Gasteiger partial charge is 0.491 e. The van der Waals surface area contributed by atoms with E-state index in [2.05, 4.69) is 9.97 Å². The van der Waals surface area contributed by atoms with Crippen LogP contribution in [-0.2, 0) is 20.9 Å². The number of pyridine rings is 1. The minimum atomic E-state index is -1.32. The van der Waals surface area contributed by atoms with Crippen LogP contribution in [0.3, 0.4) is 0 Å². The highest BCUT2D eigenvalue weighted by atomic mass is 16.5. The van der Waals surface area contributed by atoms with Crippen LogP contribution < -0.4 is 4.74 Å². The molecule has 2 aliphatic rings. The van der Waals surface area contributed by atoms with Crippen molar-refractivity contribution >= 4 is 28.9 Å². The van der Waals surface area contributed by atoms with Crippen LogP contribution in [-0.4, -0.2) is 44.9 Å². The number of hydrogen-bond acceptors (Lipinski definition) is 6. The summed E-state index contributed by atoms with van der Waals surface area (Å²) in [5, 5.41) is 10.5. The summed E-state index contributed by atoms with van der Waals surface area (Å²) in [6.45, 7) is 1.11. The number of hydrogen-bond donors (Lipinski definition) is 2. The summed E-state index contributed by atoms with van der Waals surface area (Å²) < 4.78 is 11.6. The number of aromatic amines is 1. The summed E-state index contributed by atoms with van der Waals surface area (Å²) in [6.07, 6.45) is 4.91. The van der Waals surface area contributed by atoms with Gasteiger partial charge >= 0.3 is 5.97 Å². The number of fused-ring (bicyclic) bond motifs is 2. The Balaban J connectivity index is 1.52. The number of benzene rings is 1. The smallest absolute Gasteiger partial charge is 0.345 e. The average Bonchev–Trinajstić information content (AvgIpc) is 3.21. The van der Waals surface area contributed by atoms with Crippen LogP contribution in [0.25, 0.3) is 17.1 Å². The Hall–Kier alpha value is -4.07. The summed E-state index contributed by atoms with van der Waals surface area (Å²) in [5.41, 5.74) is 1.88. The van der Waals surface area contributed by atoms with E-state index >= 15 is 0 Å². The lowest BCUT2D eigenvalue weighted by Gasteiger charge is -2.22. The van der Waals surface area contributed by atoms with Crippen molar-refractivity contribution in [2.45, 2.75) is 6.54 Å². The topological polar surface area (TPSA) is 105 Å². The van der Waals surface area contributed by atoms with Crippen molar-refractivity contribution in [1.82, 2.24) is 14.9 Å². The second-order valence-electron chi connectivity index (χ2n) is 6.95. The summed E-state index contributed by atoms with van der Waals surface area (Å²) >= 11 is 0. The molecular formula is C22H17N3O5. The Labute approximate surface area is 171 Å². The summed E-state index contributed by atoms with van der Waals surface area (Å²) in [6, 6.07) is 11.2. The molecule has 1 aromatic carbocycles. The number of carbonyl (C=O) groups excluding carboxylic acids is 1. The number of aliphatic carboxylic acids is 1. The third-order valence-corrected chi connectivity index (χ3v) is 5.09. The van der Waals surface area contributed by atoms with Crippen LogP contribution in [0.1, 0.15) is 11.1 Å². The second kappa shape index (κ2) is 7.07. The van der Waals surface area contributed by atoms with E-state index in [0.717, 1.165) is 16.7 Å². The molecule has 8 nitrogen and oxygen atoms in total. The van der Waals surface area contributed by atoms with E-state index in [0.29, 0.717) is 30.9 Å². The molecule has 0 atom stereocenters. The van der Waals surface area contributed by atoms with E-state index in [4.69, 9.17) is 9.47 Å². The second-order valence-corrected chi connectivity index (χ2v) is 6.95. The van der Waals surface area contributed by atoms with Crippen LogP contribution in [0.5, 0.6) is 5.75 Å². The number of nitrogens with zero attached hydrogens (tertiary/aromatic N) is 2. The minimum Gasteiger partial charge on any atom is -0.491 e. The highest BCUT2D eigenvalue weighted by Gasteiger charge is 2.39. The highest BCUT2D eigenvalue weighted by Crippen LogP contribution is 2.33. The number of rotatable bonds is 3. The summed E-state index contributed by atoms with van der Waals surface area (Å²) in [7, 11) is 0. The highest BCUT2D eigenvalue weighted by molar-refractivity contribution is 6.26. The van der Waals surface area contributed by atoms with Gasteiger partial charge in [-0.1, -0.05) is 18.2 Å². The molecule has 0 aliphatic carbocycles. The van der Waals surface area contributed by atoms with Crippen molar-refractivity contribution in [3.8, 4) is 5.75 Å². The van der Waals surface area contributed by atoms with Gasteiger partial charge in [-0.05, 0) is 24.3 Å². The van der Waals surface area contributed by atoms with Gasteiger partial charge in [-0.15, -0.1) is 0 Å². The number of ether oxygens (including phenoxy) is 2. The Kier molecular flexibility index (Phi) is 4.24. The summed E-state index contributed by atoms with van der Waals surface area (Å²) in [5.74, 6) is -1.24. The number of aromatic nitrogens is 2. The lowest BCUT2D eigenvalue weighted by Crippen LogP contribution is -2.27. The first-order valence-electron chi connectivity index (χ1n) is 9.41. The molecule has 2 aliphatic heterocycles. The number of carbonyl (C=O) groups is 2. The van der Waals surface area contributed by atoms with Gasteiger partial charge in [-0.3, -0.25) is 4.79 Å². The first-order valence-corrected chi connectivity index (χ1v) is 9.41. The minimum absolute atomic E-state index is 0.0365. The van der Waals surface area contributed by atoms with Crippen LogP contribution >= 0.6 is 0 Å². The number of carboxylic acids is 1. The van der Waals surface area contributed by atoms with Crippen molar-refractivity contribution in [1.29, 1.82) is 0 Å². The Morgan fingerprint density at radius 2 is 2.10 bits per heavy atom. The van der Waals surface area contributed by atoms with Crippen LogP contribution in [0.4, 0.5) is 0 Å². The molecule has 4 heterocycles. The molecule has 2 N–H and O–H groups in total. The number of H-pyrrole nitrogens is 1. The Morgan fingerprint density at radius 3 is 2.97 bits per heavy atom. The van der Waals surface area contributed by atoms with Gasteiger partial charge in [0.15, 0.2) is 11.3 Å². The fourth-order valence-electron chi connectivity index (χ4n) is 3.66. The molecule has 0 unspecified atom stereocenters. The van der Waals surface area contributed by atoms with Crippen molar-refractivity contribution < 1.29 is 24.2 Å². The maximum Gasteiger partial charge on any atom is 0.345 e. The Bertz CT molecular complexity index is 1240. The molecule has 0 fully saturated rings. The van der Waals surface area contributed by atoms with E-state index in [1.807, 2.05) is 30.3 Å². The number of allylic oxidation sites excluding steroid dienone is 1. The molecule has 8 heteroatoms. The fourth-order valence-corrected chi connectivity index (χ4v) is 3.66. The molecule has 0 radical (unpaired) electrons. The maximum absolute atomic E-state index is 12.9. The van der Waals surface area contributed by atoms with E-state index in [1.54, 1.807) is 29.4 Å². The summed E-state index contributed by atoms with van der Waals surface area (Å²) in [4.78, 5) is 33.7. The predicted octanol–water partition coefficient (Wildman–Crippen LogP) is 2.69. The van der Waals surface area contributed by atoms with Crippen molar-refractivity contribution in [3.05, 3.63) is 77.1 Å². The van der Waals surface area contributed by atoms with E-state index in [1.165, 1.54) is 0 Å². The van der Waals surface area contributed by atoms with Crippen LogP contribution in [0.2, 0.25) is 0 Å². The number of para-hydroxylation sites is 1. The molecule has 0 saturated carbocycles. The molecule has 0 bridgehead atoms. The third-order valence-electron chi connectivity index (χ3n) is 5.09. The molecule has 0 amide bonds. The first kappa shape index (κ1) is 18.0. The lowest BCUT2D eigenvalue weighted by molar-refractivity contribution is -0.134. The van der Waals surface area contributed by atoms with Crippen molar-refractivity contribution in [2.24, 2.45) is 0 Å². The predicted molar refractivity (Wildman–Crippen MR) is 107 cm³/mol. The zero-order valence-electron chi connectivity index (χ0n) is 15.8. The molecule has 0 saturated heterocycles. The maximum atomic E-state index is 12.9. The van der Waals surface area contributed by atoms with Crippen LogP contribution in [0.15, 0.2) is 66.0 Å². The van der Waals surface area contributed by atoms with E-state index < -0.39 is 11.8 Å². The molecule has 30 heavy (non-hydrogen) atoms. The van der Waals surface area contributed by atoms with Gasteiger partial charge in [0.05, 0.1) is 6.54 Å². The molecular weight excluding hydrogens is 386 g/mol. The van der Waals surface area contributed by atoms with Gasteiger partial charge in [0.2, 0.25) is 11.7 Å². The molecule has 3 aromatic rings. The van der Waals surface area contributed by atoms with Crippen molar-refractivity contribution in [3.63, 3.8) is 0 Å². The van der Waals surface area contributed by atoms with Crippen molar-refractivity contribution in [2.75, 3.05) is 13.2 Å². The normalized spacial score (nSPS) is 17.7. The fraction of sp³-hybridized carbons (Fsp3) is 0.136. The number of Topliss-reactive ketones (excluding diaryl/α,β-unsaturated/α-hetero) is 1. The number of nitrogens with one attached hydrogen (secondary N) is 1. The molecule has 2 aromatic heterocycles. The SMILES string of the molecule is O=C(O)C1=C(N2CCOc3ccccc3C2)O/C(=C\c2c[nH]c3ncccc23)C1=O. The van der Waals surface area contributed by atoms with Gasteiger partial charge in [0, 0.05) is 35.5 Å². The number of ketones is 1. The van der Waals surface area contributed by atoms with Crippen LogP contribution in [0, 0.1) is 0 Å². The molecule has 5 rings (SSSR count). The zero-order valence-corrected chi connectivity index (χ0v) is 15.8. The first-order chi connectivity index (χ1) is 14.6. The average molecular weight is 403 g/mol. The van der Waals surface area contributed by atoms with E-state index in [-0.39, 0.29) is 17.2 Å². The molecule has 0 spiro atoms. The monoisotopic (exact) mass is 403 g/mol. The van der Waals surface area contributed by atoms with Gasteiger partial charge in [-0.25, -0.2) is 9.78 Å². The van der Waals surface area contributed by atoms with Gasteiger partial charge in [0.25, 0.3) is 0 Å². The third kappa shape index (κ3) is 2.98. The zero-order chi connectivity index (χ0) is 20.7. The quantitative estimate of drug-likeness (QED) is 0.512. The Morgan fingerprint density at radius 1 is 1.23 bits per heavy atom. The molecule has 150 valence electrons. The number of carboxylic acid groups (broad SMARTS) is 1. The van der Waals surface area contributed by atoms with Gasteiger partial charge in [0.1, 0.15) is 18.0 Å². The van der Waals surface area contributed by atoms with Gasteiger partial charge < -0.3 is 24.5 Å².